The Morgan fingerprint density at radius 3 is 2.39 bits per heavy atom. The zero-order valence-corrected chi connectivity index (χ0v) is 24.2. The molecule has 0 saturated carbocycles. The number of carbonyl (C=O) groups excluding carboxylic acids is 3. The van der Waals surface area contributed by atoms with Crippen LogP contribution in [0.2, 0.25) is 0 Å². The molecule has 1 heterocycles. The molecular formula is C30H40O6S2. The summed E-state index contributed by atoms with van der Waals surface area (Å²) in [5, 5.41) is 2.66. The second-order valence-corrected chi connectivity index (χ2v) is 12.5. The Morgan fingerprint density at radius 2 is 1.63 bits per heavy atom. The number of ether oxygens (including phenoxy) is 3. The fourth-order valence-electron chi connectivity index (χ4n) is 4.18. The zero-order valence-electron chi connectivity index (χ0n) is 22.6. The number of unbranched alkanes of at least 4 members (excludes halogenated alkanes) is 3. The Balaban J connectivity index is 1.31. The molecule has 1 saturated heterocycles. The second kappa shape index (κ2) is 16.7. The molecule has 2 atom stereocenters. The molecular weight excluding hydrogens is 520 g/mol. The summed E-state index contributed by atoms with van der Waals surface area (Å²) in [6.45, 7) is 4.54. The summed E-state index contributed by atoms with van der Waals surface area (Å²) in [7, 11) is 3.93. The molecule has 1 aliphatic rings. The number of fused-ring (bicyclic) bond motifs is 1. The van der Waals surface area contributed by atoms with Crippen molar-refractivity contribution in [1.29, 1.82) is 0 Å². The lowest BCUT2D eigenvalue weighted by Gasteiger charge is -2.13. The van der Waals surface area contributed by atoms with Crippen LogP contribution in [0.4, 0.5) is 0 Å². The Morgan fingerprint density at radius 1 is 0.895 bits per heavy atom. The van der Waals surface area contributed by atoms with Crippen LogP contribution >= 0.6 is 21.6 Å². The van der Waals surface area contributed by atoms with Crippen LogP contribution in [-0.2, 0) is 23.9 Å². The molecule has 0 spiro atoms. The van der Waals surface area contributed by atoms with E-state index in [0.29, 0.717) is 44.6 Å². The maximum atomic E-state index is 12.6. The number of hydrogen-bond acceptors (Lipinski definition) is 8. The van der Waals surface area contributed by atoms with Gasteiger partial charge < -0.3 is 14.2 Å². The normalized spacial score (nSPS) is 15.8. The summed E-state index contributed by atoms with van der Waals surface area (Å²) in [5.74, 6) is 0.743. The van der Waals surface area contributed by atoms with Gasteiger partial charge in [-0.05, 0) is 73.9 Å². The average molecular weight is 561 g/mol. The molecule has 0 N–H and O–H groups in total. The molecule has 1 fully saturated rings. The van der Waals surface area contributed by atoms with Crippen LogP contribution < -0.4 is 4.74 Å². The van der Waals surface area contributed by atoms with Gasteiger partial charge in [-0.25, -0.2) is 0 Å². The quantitative estimate of drug-likeness (QED) is 0.0898. The first-order chi connectivity index (χ1) is 18.5. The van der Waals surface area contributed by atoms with Crippen molar-refractivity contribution in [2.24, 2.45) is 0 Å². The molecule has 6 nitrogen and oxygen atoms in total. The van der Waals surface area contributed by atoms with Crippen LogP contribution in [0.3, 0.4) is 0 Å². The van der Waals surface area contributed by atoms with Gasteiger partial charge >= 0.3 is 17.9 Å². The molecule has 0 bridgehead atoms. The number of esters is 3. The highest BCUT2D eigenvalue weighted by Gasteiger charge is 2.18. The van der Waals surface area contributed by atoms with Crippen molar-refractivity contribution in [3.05, 3.63) is 42.0 Å². The van der Waals surface area contributed by atoms with Crippen molar-refractivity contribution in [3.63, 3.8) is 0 Å². The third-order valence-electron chi connectivity index (χ3n) is 6.59. The smallest absolute Gasteiger partial charge is 0.313 e. The van der Waals surface area contributed by atoms with Gasteiger partial charge in [-0.2, -0.15) is 0 Å². The Kier molecular flexibility index (Phi) is 13.3. The molecule has 38 heavy (non-hydrogen) atoms. The fraction of sp³-hybridized carbons (Fsp3) is 0.567. The van der Waals surface area contributed by atoms with E-state index in [9.17, 15) is 14.4 Å². The molecule has 3 rings (SSSR count). The topological polar surface area (TPSA) is 78.9 Å². The molecule has 8 heteroatoms. The predicted molar refractivity (Wildman–Crippen MR) is 156 cm³/mol. The van der Waals surface area contributed by atoms with E-state index in [2.05, 4.69) is 0 Å². The van der Waals surface area contributed by atoms with Crippen LogP contribution in [0, 0.1) is 0 Å². The van der Waals surface area contributed by atoms with E-state index in [1.165, 1.54) is 18.6 Å². The van der Waals surface area contributed by atoms with Gasteiger partial charge in [0, 0.05) is 23.8 Å². The van der Waals surface area contributed by atoms with Crippen LogP contribution in [0.25, 0.3) is 10.8 Å². The van der Waals surface area contributed by atoms with Gasteiger partial charge in [0.25, 0.3) is 0 Å². The van der Waals surface area contributed by atoms with Gasteiger partial charge in [0.1, 0.15) is 5.75 Å². The highest BCUT2D eigenvalue weighted by molar-refractivity contribution is 8.77. The minimum Gasteiger partial charge on any atom is -0.466 e. The molecule has 1 aliphatic heterocycles. The van der Waals surface area contributed by atoms with Gasteiger partial charge in [0.05, 0.1) is 19.1 Å². The van der Waals surface area contributed by atoms with Crippen molar-refractivity contribution in [2.45, 2.75) is 89.2 Å². The lowest BCUT2D eigenvalue weighted by molar-refractivity contribution is -0.147. The van der Waals surface area contributed by atoms with Crippen LogP contribution in [0.15, 0.2) is 36.4 Å². The highest BCUT2D eigenvalue weighted by Crippen LogP contribution is 2.39. The summed E-state index contributed by atoms with van der Waals surface area (Å²) in [5.41, 5.74) is 0.870. The van der Waals surface area contributed by atoms with Crippen molar-refractivity contribution >= 4 is 50.3 Å². The summed E-state index contributed by atoms with van der Waals surface area (Å²) in [6.07, 6.45) is 8.42. The van der Waals surface area contributed by atoms with E-state index in [1.807, 2.05) is 65.8 Å². The summed E-state index contributed by atoms with van der Waals surface area (Å²) >= 11 is 0. The molecule has 2 aromatic carbocycles. The minimum absolute atomic E-state index is 0.137. The van der Waals surface area contributed by atoms with E-state index < -0.39 is 5.92 Å². The monoisotopic (exact) mass is 560 g/mol. The van der Waals surface area contributed by atoms with Crippen LogP contribution in [-0.4, -0.2) is 42.1 Å². The van der Waals surface area contributed by atoms with Gasteiger partial charge in [-0.1, -0.05) is 65.6 Å². The first kappa shape index (κ1) is 30.4. The summed E-state index contributed by atoms with van der Waals surface area (Å²) in [4.78, 5) is 36.3. The van der Waals surface area contributed by atoms with Gasteiger partial charge in [-0.15, -0.1) is 0 Å². The third kappa shape index (κ3) is 10.5. The van der Waals surface area contributed by atoms with E-state index in [0.717, 1.165) is 47.3 Å². The summed E-state index contributed by atoms with van der Waals surface area (Å²) in [6, 6.07) is 11.3. The molecule has 0 unspecified atom stereocenters. The van der Waals surface area contributed by atoms with Crippen LogP contribution in [0.5, 0.6) is 5.75 Å². The largest absolute Gasteiger partial charge is 0.466 e. The maximum absolute atomic E-state index is 12.6. The molecule has 0 aliphatic carbocycles. The fourth-order valence-corrected chi connectivity index (χ4v) is 7.21. The van der Waals surface area contributed by atoms with Crippen molar-refractivity contribution < 1.29 is 28.6 Å². The Hall–Kier alpha value is -2.19. The van der Waals surface area contributed by atoms with Crippen molar-refractivity contribution in [2.75, 3.05) is 19.0 Å². The zero-order chi connectivity index (χ0) is 27.2. The molecule has 0 aromatic heterocycles. The highest BCUT2D eigenvalue weighted by atomic mass is 33.1. The third-order valence-corrected chi connectivity index (χ3v) is 9.59. The van der Waals surface area contributed by atoms with Gasteiger partial charge in [0.2, 0.25) is 0 Å². The molecule has 0 amide bonds. The standard InChI is InChI=1S/C30H40O6S2/c1-3-4-10-29(32)36-26-15-14-24-20-23(12-13-25(24)21-26)22(2)30(33)35-18-8-7-17-34-28(31)11-6-5-9-27-16-19-37-38-27/h12-15,20-22,27H,3-11,16-19H2,1-2H3/t22-,27+/m0/s1. The lowest BCUT2D eigenvalue weighted by Crippen LogP contribution is -2.14. The van der Waals surface area contributed by atoms with E-state index in [1.54, 1.807) is 6.07 Å². The van der Waals surface area contributed by atoms with Crippen LogP contribution in [0.1, 0.15) is 89.5 Å². The number of benzene rings is 2. The average Bonchev–Trinajstić information content (AvgIpc) is 3.44. The number of hydrogen-bond donors (Lipinski definition) is 0. The minimum atomic E-state index is -0.398. The molecule has 0 radical (unpaired) electrons. The Labute approximate surface area is 234 Å². The van der Waals surface area contributed by atoms with E-state index in [-0.39, 0.29) is 17.9 Å². The van der Waals surface area contributed by atoms with E-state index >= 15 is 0 Å². The lowest BCUT2D eigenvalue weighted by atomic mass is 9.98. The Bertz CT molecular complexity index is 1050. The predicted octanol–water partition coefficient (Wildman–Crippen LogP) is 7.62. The van der Waals surface area contributed by atoms with Gasteiger partial charge in [0.15, 0.2) is 0 Å². The second-order valence-electron chi connectivity index (χ2n) is 9.74. The van der Waals surface area contributed by atoms with Gasteiger partial charge in [-0.3, -0.25) is 14.4 Å². The van der Waals surface area contributed by atoms with E-state index in [4.69, 9.17) is 14.2 Å². The first-order valence-corrected chi connectivity index (χ1v) is 16.2. The molecule has 208 valence electrons. The van der Waals surface area contributed by atoms with Crippen molar-refractivity contribution in [3.8, 4) is 5.75 Å². The molecule has 2 aromatic rings. The summed E-state index contributed by atoms with van der Waals surface area (Å²) < 4.78 is 16.2. The number of carbonyl (C=O) groups is 3. The SMILES string of the molecule is CCCCC(=O)Oc1ccc2cc([C@H](C)C(=O)OCCCCOC(=O)CCCC[C@@H]3CCSS3)ccc2c1. The maximum Gasteiger partial charge on any atom is 0.313 e. The van der Waals surface area contributed by atoms with Crippen molar-refractivity contribution in [1.82, 2.24) is 0 Å². The first-order valence-electron chi connectivity index (χ1n) is 13.8. The number of rotatable bonds is 16.